The third kappa shape index (κ3) is 2.82. The zero-order valence-corrected chi connectivity index (χ0v) is 13.8. The van der Waals surface area contributed by atoms with Crippen molar-refractivity contribution in [3.05, 3.63) is 41.6 Å². The van der Waals surface area contributed by atoms with Crippen molar-refractivity contribution in [2.45, 2.75) is 45.4 Å². The van der Waals surface area contributed by atoms with E-state index in [4.69, 9.17) is 0 Å². The Kier molecular flexibility index (Phi) is 4.34. The molecule has 0 atom stereocenters. The van der Waals surface area contributed by atoms with Crippen LogP contribution in [-0.4, -0.2) is 23.4 Å². The van der Waals surface area contributed by atoms with Crippen LogP contribution in [0.2, 0.25) is 0 Å². The predicted molar refractivity (Wildman–Crippen MR) is 88.4 cm³/mol. The first-order valence-corrected chi connectivity index (χ1v) is 9.63. The maximum Gasteiger partial charge on any atom is 0.254 e. The summed E-state index contributed by atoms with van der Waals surface area (Å²) in [6.07, 6.45) is 7.26. The van der Waals surface area contributed by atoms with E-state index in [1.165, 1.54) is 9.65 Å². The van der Waals surface area contributed by atoms with E-state index >= 15 is 0 Å². The lowest BCUT2D eigenvalue weighted by Gasteiger charge is -2.11. The summed E-state index contributed by atoms with van der Waals surface area (Å²) in [6.45, 7) is 2.07. The van der Waals surface area contributed by atoms with Gasteiger partial charge in [-0.3, -0.25) is 0 Å². The zero-order valence-electron chi connectivity index (χ0n) is 13.0. The topological polar surface area (TPSA) is 52.0 Å². The van der Waals surface area contributed by atoms with Crippen LogP contribution in [0.15, 0.2) is 30.5 Å². The summed E-state index contributed by atoms with van der Waals surface area (Å²) in [6, 6.07) is 8.08. The molecular formula is C17H22N2O2S. The highest BCUT2D eigenvalue weighted by molar-refractivity contribution is 7.89. The summed E-state index contributed by atoms with van der Waals surface area (Å²) in [5.41, 5.74) is 4.06. The summed E-state index contributed by atoms with van der Waals surface area (Å²) in [5.74, 6) is 0.164. The van der Waals surface area contributed by atoms with Crippen LogP contribution in [0.1, 0.15) is 43.7 Å². The zero-order chi connectivity index (χ0) is 15.6. The number of aromatic nitrogens is 2. The van der Waals surface area contributed by atoms with E-state index < -0.39 is 10.0 Å². The van der Waals surface area contributed by atoms with Gasteiger partial charge in [0.1, 0.15) is 0 Å². The van der Waals surface area contributed by atoms with Gasteiger partial charge < -0.3 is 0 Å². The van der Waals surface area contributed by atoms with E-state index in [1.807, 2.05) is 18.2 Å². The Morgan fingerprint density at radius 2 is 1.91 bits per heavy atom. The van der Waals surface area contributed by atoms with Crippen LogP contribution in [0.5, 0.6) is 0 Å². The SMILES string of the molecule is CCCCCS(=O)(=O)n1ncc2c1-c1ccccc1CCC2. The lowest BCUT2D eigenvalue weighted by molar-refractivity contribution is 0.576. The highest BCUT2D eigenvalue weighted by Gasteiger charge is 2.25. The number of fused-ring (bicyclic) bond motifs is 3. The van der Waals surface area contributed by atoms with Gasteiger partial charge in [-0.05, 0) is 36.8 Å². The Hall–Kier alpha value is -1.62. The molecule has 0 unspecified atom stereocenters. The van der Waals surface area contributed by atoms with Crippen LogP contribution in [-0.2, 0) is 22.9 Å². The standard InChI is InChI=1S/C17H22N2O2S/c1-2-3-6-12-22(20,21)19-17-15(13-18-19)10-7-9-14-8-4-5-11-16(14)17/h4-5,8,11,13H,2-3,6-7,9-10,12H2,1H3. The first-order valence-electron chi connectivity index (χ1n) is 8.02. The van der Waals surface area contributed by atoms with Crippen LogP contribution in [0.25, 0.3) is 11.3 Å². The van der Waals surface area contributed by atoms with Crippen LogP contribution in [0.3, 0.4) is 0 Å². The number of benzene rings is 1. The molecule has 118 valence electrons. The molecule has 1 heterocycles. The van der Waals surface area contributed by atoms with Gasteiger partial charge in [-0.2, -0.15) is 9.19 Å². The van der Waals surface area contributed by atoms with E-state index in [1.54, 1.807) is 6.20 Å². The van der Waals surface area contributed by atoms with Crippen molar-refractivity contribution in [3.63, 3.8) is 0 Å². The third-order valence-electron chi connectivity index (χ3n) is 4.25. The lowest BCUT2D eigenvalue weighted by atomic mass is 10.0. The lowest BCUT2D eigenvalue weighted by Crippen LogP contribution is -2.19. The third-order valence-corrected chi connectivity index (χ3v) is 5.86. The highest BCUT2D eigenvalue weighted by atomic mass is 32.2. The molecule has 1 aromatic carbocycles. The Bertz CT molecular complexity index is 763. The minimum atomic E-state index is -3.38. The molecule has 0 radical (unpaired) electrons. The second-order valence-electron chi connectivity index (χ2n) is 5.90. The summed E-state index contributed by atoms with van der Waals surface area (Å²) in [4.78, 5) is 0. The van der Waals surface area contributed by atoms with Crippen molar-refractivity contribution in [2.75, 3.05) is 5.75 Å². The average Bonchev–Trinajstić information content (AvgIpc) is 2.85. The second-order valence-corrected chi connectivity index (χ2v) is 7.81. The van der Waals surface area contributed by atoms with Gasteiger partial charge in [-0.15, -0.1) is 0 Å². The van der Waals surface area contributed by atoms with Gasteiger partial charge in [-0.1, -0.05) is 44.0 Å². The van der Waals surface area contributed by atoms with Crippen LogP contribution in [0, 0.1) is 0 Å². The number of rotatable bonds is 5. The minimum Gasteiger partial charge on any atom is -0.205 e. The molecule has 0 spiro atoms. The van der Waals surface area contributed by atoms with Gasteiger partial charge in [0, 0.05) is 5.56 Å². The summed E-state index contributed by atoms with van der Waals surface area (Å²) < 4.78 is 26.6. The van der Waals surface area contributed by atoms with Crippen molar-refractivity contribution in [2.24, 2.45) is 0 Å². The molecule has 1 aromatic heterocycles. The van der Waals surface area contributed by atoms with Crippen molar-refractivity contribution >= 4 is 10.0 Å². The molecule has 0 fully saturated rings. The van der Waals surface area contributed by atoms with Gasteiger partial charge in [0.2, 0.25) is 0 Å². The van der Waals surface area contributed by atoms with Gasteiger partial charge in [0.05, 0.1) is 17.6 Å². The Morgan fingerprint density at radius 1 is 1.14 bits per heavy atom. The molecular weight excluding hydrogens is 296 g/mol. The van der Waals surface area contributed by atoms with Crippen molar-refractivity contribution in [1.29, 1.82) is 0 Å². The fourth-order valence-electron chi connectivity index (χ4n) is 3.09. The summed E-state index contributed by atoms with van der Waals surface area (Å²) >= 11 is 0. The molecule has 5 heteroatoms. The molecule has 0 amide bonds. The largest absolute Gasteiger partial charge is 0.254 e. The van der Waals surface area contributed by atoms with Crippen LogP contribution >= 0.6 is 0 Å². The summed E-state index contributed by atoms with van der Waals surface area (Å²) in [5, 5.41) is 4.22. The molecule has 2 aromatic rings. The quantitative estimate of drug-likeness (QED) is 0.794. The van der Waals surface area contributed by atoms with E-state index in [9.17, 15) is 8.42 Å². The molecule has 0 aliphatic heterocycles. The first-order chi connectivity index (χ1) is 10.6. The molecule has 1 aliphatic rings. The smallest absolute Gasteiger partial charge is 0.205 e. The highest BCUT2D eigenvalue weighted by Crippen LogP contribution is 2.33. The molecule has 1 aliphatic carbocycles. The van der Waals surface area contributed by atoms with E-state index in [2.05, 4.69) is 18.1 Å². The van der Waals surface area contributed by atoms with Gasteiger partial charge in [-0.25, -0.2) is 8.42 Å². The molecule has 0 bridgehead atoms. The number of hydrogen-bond donors (Lipinski definition) is 0. The number of aryl methyl sites for hydroxylation is 2. The van der Waals surface area contributed by atoms with Gasteiger partial charge in [0.25, 0.3) is 10.0 Å². The summed E-state index contributed by atoms with van der Waals surface area (Å²) in [7, 11) is -3.38. The fraction of sp³-hybridized carbons (Fsp3) is 0.471. The van der Waals surface area contributed by atoms with E-state index in [0.29, 0.717) is 6.42 Å². The predicted octanol–water partition coefficient (Wildman–Crippen LogP) is 3.41. The Labute approximate surface area is 132 Å². The van der Waals surface area contributed by atoms with E-state index in [-0.39, 0.29) is 5.75 Å². The minimum absolute atomic E-state index is 0.164. The fourth-order valence-corrected chi connectivity index (χ4v) is 4.52. The average molecular weight is 318 g/mol. The Balaban J connectivity index is 2.06. The maximum absolute atomic E-state index is 12.7. The van der Waals surface area contributed by atoms with Crippen molar-refractivity contribution in [1.82, 2.24) is 9.19 Å². The van der Waals surface area contributed by atoms with Crippen molar-refractivity contribution in [3.8, 4) is 11.3 Å². The molecule has 0 N–H and O–H groups in total. The number of hydrogen-bond acceptors (Lipinski definition) is 3. The molecule has 22 heavy (non-hydrogen) atoms. The normalized spacial score (nSPS) is 14.2. The number of nitrogens with zero attached hydrogens (tertiary/aromatic N) is 2. The molecule has 4 nitrogen and oxygen atoms in total. The van der Waals surface area contributed by atoms with Crippen LogP contribution < -0.4 is 0 Å². The first kappa shape index (κ1) is 15.3. The number of unbranched alkanes of at least 4 members (excludes halogenated alkanes) is 2. The van der Waals surface area contributed by atoms with Crippen LogP contribution in [0.4, 0.5) is 0 Å². The van der Waals surface area contributed by atoms with Gasteiger partial charge in [0.15, 0.2) is 0 Å². The Morgan fingerprint density at radius 3 is 2.73 bits per heavy atom. The molecule has 3 rings (SSSR count). The molecule has 0 saturated carbocycles. The second kappa shape index (κ2) is 6.24. The molecule has 0 saturated heterocycles. The van der Waals surface area contributed by atoms with Gasteiger partial charge >= 0.3 is 0 Å². The monoisotopic (exact) mass is 318 g/mol. The maximum atomic E-state index is 12.7. The van der Waals surface area contributed by atoms with Crippen molar-refractivity contribution < 1.29 is 8.42 Å². The van der Waals surface area contributed by atoms with E-state index in [0.717, 1.165) is 48.9 Å².